The molecule has 0 aromatic heterocycles. The fourth-order valence-electron chi connectivity index (χ4n) is 2.56. The lowest BCUT2D eigenvalue weighted by atomic mass is 10.1. The van der Waals surface area contributed by atoms with Crippen LogP contribution in [-0.2, 0) is 29.1 Å². The summed E-state index contributed by atoms with van der Waals surface area (Å²) in [6.07, 6.45) is 0.452. The topological polar surface area (TPSA) is 56.8 Å². The first-order valence-electron chi connectivity index (χ1n) is 8.69. The highest BCUT2D eigenvalue weighted by Crippen LogP contribution is 2.27. The Kier molecular flexibility index (Phi) is 7.48. The molecule has 140 valence electrons. The minimum absolute atomic E-state index is 0.0446. The molecule has 0 aliphatic heterocycles. The number of methoxy groups -OCH3 is 2. The Bertz CT molecular complexity index is 728. The number of hydrogen-bond donors (Lipinski definition) is 1. The van der Waals surface area contributed by atoms with Gasteiger partial charge in [-0.3, -0.25) is 4.79 Å². The fraction of sp³-hybridized carbons (Fsp3) is 0.381. The zero-order valence-electron chi connectivity index (χ0n) is 15.9. The van der Waals surface area contributed by atoms with E-state index in [-0.39, 0.29) is 18.4 Å². The summed E-state index contributed by atoms with van der Waals surface area (Å²) in [7, 11) is 3.17. The van der Waals surface area contributed by atoms with E-state index >= 15 is 0 Å². The lowest BCUT2D eigenvalue weighted by Gasteiger charge is -2.13. The average molecular weight is 357 g/mol. The molecule has 0 radical (unpaired) electrons. The van der Waals surface area contributed by atoms with Gasteiger partial charge in [-0.15, -0.1) is 0 Å². The van der Waals surface area contributed by atoms with Crippen LogP contribution in [0.2, 0.25) is 0 Å². The second kappa shape index (κ2) is 9.82. The summed E-state index contributed by atoms with van der Waals surface area (Å²) in [4.78, 5) is 12.3. The number of ether oxygens (including phenoxy) is 3. The van der Waals surface area contributed by atoms with Gasteiger partial charge in [0.2, 0.25) is 5.91 Å². The number of benzene rings is 2. The molecule has 0 bridgehead atoms. The van der Waals surface area contributed by atoms with Crippen molar-refractivity contribution in [1.29, 1.82) is 0 Å². The van der Waals surface area contributed by atoms with Crippen LogP contribution in [0, 0.1) is 0 Å². The second-order valence-corrected chi connectivity index (χ2v) is 6.27. The van der Waals surface area contributed by atoms with Gasteiger partial charge >= 0.3 is 0 Å². The van der Waals surface area contributed by atoms with Crippen molar-refractivity contribution >= 4 is 5.91 Å². The molecule has 0 saturated heterocycles. The maximum Gasteiger partial charge on any atom is 0.224 e. The number of carbonyl (C=O) groups is 1. The minimum atomic E-state index is -0.0446. The number of hydrogen-bond acceptors (Lipinski definition) is 4. The normalized spacial score (nSPS) is 10.7. The Labute approximate surface area is 155 Å². The highest BCUT2D eigenvalue weighted by atomic mass is 16.5. The summed E-state index contributed by atoms with van der Waals surface area (Å²) < 4.78 is 16.2. The summed E-state index contributed by atoms with van der Waals surface area (Å²) in [5.41, 5.74) is 3.03. The minimum Gasteiger partial charge on any atom is -0.493 e. The van der Waals surface area contributed by atoms with Crippen LogP contribution in [0.5, 0.6) is 11.5 Å². The second-order valence-electron chi connectivity index (χ2n) is 6.27. The summed E-state index contributed by atoms with van der Waals surface area (Å²) >= 11 is 0. The lowest BCUT2D eigenvalue weighted by Crippen LogP contribution is -2.25. The molecule has 1 N–H and O–H groups in total. The van der Waals surface area contributed by atoms with Crippen LogP contribution in [-0.4, -0.2) is 26.2 Å². The largest absolute Gasteiger partial charge is 0.493 e. The SMILES string of the molecule is COc1ccc(CC(=O)NCc2ccccc2COC(C)C)cc1OC. The number of amides is 1. The average Bonchev–Trinajstić information content (AvgIpc) is 2.65. The molecule has 5 nitrogen and oxygen atoms in total. The lowest BCUT2D eigenvalue weighted by molar-refractivity contribution is -0.120. The van der Waals surface area contributed by atoms with Crippen LogP contribution in [0.15, 0.2) is 42.5 Å². The van der Waals surface area contributed by atoms with Gasteiger partial charge in [0.25, 0.3) is 0 Å². The third kappa shape index (κ3) is 5.77. The van der Waals surface area contributed by atoms with Crippen molar-refractivity contribution in [3.05, 3.63) is 59.2 Å². The Hall–Kier alpha value is -2.53. The molecule has 0 spiro atoms. The van der Waals surface area contributed by atoms with Crippen LogP contribution in [0.1, 0.15) is 30.5 Å². The van der Waals surface area contributed by atoms with Gasteiger partial charge in [-0.1, -0.05) is 30.3 Å². The van der Waals surface area contributed by atoms with Crippen LogP contribution < -0.4 is 14.8 Å². The molecule has 0 aliphatic rings. The molecular formula is C21H27NO4. The Balaban J connectivity index is 1.95. The third-order valence-corrected chi connectivity index (χ3v) is 3.98. The molecule has 0 saturated carbocycles. The Morgan fingerprint density at radius 3 is 2.35 bits per heavy atom. The number of carbonyl (C=O) groups excluding carboxylic acids is 1. The van der Waals surface area contributed by atoms with E-state index in [1.54, 1.807) is 20.3 Å². The molecule has 1 amide bonds. The molecule has 5 heteroatoms. The molecule has 0 fully saturated rings. The van der Waals surface area contributed by atoms with E-state index in [0.717, 1.165) is 16.7 Å². The van der Waals surface area contributed by atoms with E-state index in [1.807, 2.05) is 50.2 Å². The highest BCUT2D eigenvalue weighted by molar-refractivity contribution is 5.78. The first-order valence-corrected chi connectivity index (χ1v) is 8.69. The Morgan fingerprint density at radius 1 is 1.00 bits per heavy atom. The van der Waals surface area contributed by atoms with Crippen LogP contribution in [0.25, 0.3) is 0 Å². The van der Waals surface area contributed by atoms with Crippen molar-refractivity contribution in [2.75, 3.05) is 14.2 Å². The summed E-state index contributed by atoms with van der Waals surface area (Å²) in [5.74, 6) is 1.22. The van der Waals surface area contributed by atoms with E-state index in [2.05, 4.69) is 5.32 Å². The van der Waals surface area contributed by atoms with Gasteiger partial charge in [-0.25, -0.2) is 0 Å². The van der Waals surface area contributed by atoms with Gasteiger partial charge in [-0.2, -0.15) is 0 Å². The maximum atomic E-state index is 12.3. The predicted molar refractivity (Wildman–Crippen MR) is 101 cm³/mol. The predicted octanol–water partition coefficient (Wildman–Crippen LogP) is 3.49. The molecule has 26 heavy (non-hydrogen) atoms. The molecular weight excluding hydrogens is 330 g/mol. The summed E-state index contributed by atoms with van der Waals surface area (Å²) in [6.45, 7) is 5.03. The summed E-state index contributed by atoms with van der Waals surface area (Å²) in [6, 6.07) is 13.5. The molecule has 0 atom stereocenters. The van der Waals surface area contributed by atoms with Crippen molar-refractivity contribution in [1.82, 2.24) is 5.32 Å². The van der Waals surface area contributed by atoms with Crippen LogP contribution >= 0.6 is 0 Å². The molecule has 2 rings (SSSR count). The van der Waals surface area contributed by atoms with E-state index in [4.69, 9.17) is 14.2 Å². The van der Waals surface area contributed by atoms with Crippen molar-refractivity contribution in [3.63, 3.8) is 0 Å². The van der Waals surface area contributed by atoms with E-state index in [1.165, 1.54) is 0 Å². The van der Waals surface area contributed by atoms with Crippen molar-refractivity contribution in [2.24, 2.45) is 0 Å². The number of rotatable bonds is 9. The molecule has 2 aromatic carbocycles. The first-order chi connectivity index (χ1) is 12.5. The van der Waals surface area contributed by atoms with Gasteiger partial charge < -0.3 is 19.5 Å². The Morgan fingerprint density at radius 2 is 1.69 bits per heavy atom. The van der Waals surface area contributed by atoms with Gasteiger partial charge in [0.1, 0.15) is 0 Å². The van der Waals surface area contributed by atoms with E-state index < -0.39 is 0 Å². The van der Waals surface area contributed by atoms with Crippen molar-refractivity contribution < 1.29 is 19.0 Å². The standard InChI is InChI=1S/C21H27NO4/c1-15(2)26-14-18-8-6-5-7-17(18)13-22-21(23)12-16-9-10-19(24-3)20(11-16)25-4/h5-11,15H,12-14H2,1-4H3,(H,22,23). The van der Waals surface area contributed by atoms with Gasteiger partial charge in [-0.05, 0) is 42.7 Å². The zero-order chi connectivity index (χ0) is 18.9. The molecule has 0 aliphatic carbocycles. The smallest absolute Gasteiger partial charge is 0.224 e. The van der Waals surface area contributed by atoms with Crippen molar-refractivity contribution in [3.8, 4) is 11.5 Å². The van der Waals surface area contributed by atoms with Gasteiger partial charge in [0.05, 0.1) is 33.4 Å². The number of nitrogens with one attached hydrogen (secondary N) is 1. The maximum absolute atomic E-state index is 12.3. The molecule has 2 aromatic rings. The van der Waals surface area contributed by atoms with Crippen LogP contribution in [0.3, 0.4) is 0 Å². The van der Waals surface area contributed by atoms with E-state index in [9.17, 15) is 4.79 Å². The zero-order valence-corrected chi connectivity index (χ0v) is 15.9. The van der Waals surface area contributed by atoms with Gasteiger partial charge in [0, 0.05) is 6.54 Å². The highest BCUT2D eigenvalue weighted by Gasteiger charge is 2.09. The van der Waals surface area contributed by atoms with Crippen LogP contribution in [0.4, 0.5) is 0 Å². The quantitative estimate of drug-likeness (QED) is 0.746. The van der Waals surface area contributed by atoms with Gasteiger partial charge in [0.15, 0.2) is 11.5 Å². The summed E-state index contributed by atoms with van der Waals surface area (Å²) in [5, 5.41) is 2.97. The first kappa shape index (κ1) is 19.8. The van der Waals surface area contributed by atoms with Crippen molar-refractivity contribution in [2.45, 2.75) is 39.5 Å². The van der Waals surface area contributed by atoms with E-state index in [0.29, 0.717) is 24.7 Å². The monoisotopic (exact) mass is 357 g/mol. The molecule has 0 heterocycles. The molecule has 0 unspecified atom stereocenters. The fourth-order valence-corrected chi connectivity index (χ4v) is 2.56. The third-order valence-electron chi connectivity index (χ3n) is 3.98.